The van der Waals surface area contributed by atoms with E-state index in [0.29, 0.717) is 4.47 Å². The summed E-state index contributed by atoms with van der Waals surface area (Å²) in [5.41, 5.74) is 2.49. The molecule has 0 saturated heterocycles. The standard InChI is InChI=1S/C17H17BrFNO/c1-10-8-12(18)13(19)9-14(10)20-16-11-6-4-5-7-15(11)21-17(16,2)3/h4-9,16,20H,1-3H3. The first-order valence-corrected chi connectivity index (χ1v) is 7.68. The van der Waals surface area contributed by atoms with E-state index in [0.717, 1.165) is 22.6 Å². The van der Waals surface area contributed by atoms with Gasteiger partial charge in [0, 0.05) is 11.3 Å². The minimum Gasteiger partial charge on any atom is -0.485 e. The van der Waals surface area contributed by atoms with Crippen molar-refractivity contribution < 1.29 is 9.13 Å². The summed E-state index contributed by atoms with van der Waals surface area (Å²) in [5, 5.41) is 3.44. The molecule has 0 aromatic heterocycles. The lowest BCUT2D eigenvalue weighted by Crippen LogP contribution is -2.35. The SMILES string of the molecule is Cc1cc(Br)c(F)cc1NC1c2ccccc2OC1(C)C. The zero-order valence-corrected chi connectivity index (χ0v) is 13.8. The van der Waals surface area contributed by atoms with Gasteiger partial charge in [0.25, 0.3) is 0 Å². The van der Waals surface area contributed by atoms with Crippen molar-refractivity contribution in [2.24, 2.45) is 0 Å². The molecule has 21 heavy (non-hydrogen) atoms. The number of hydrogen-bond donors (Lipinski definition) is 1. The zero-order valence-electron chi connectivity index (χ0n) is 12.2. The third-order valence-corrected chi connectivity index (χ3v) is 4.47. The van der Waals surface area contributed by atoms with Crippen LogP contribution in [0.1, 0.15) is 31.0 Å². The van der Waals surface area contributed by atoms with Crippen molar-refractivity contribution in [3.8, 4) is 5.75 Å². The molecule has 2 aromatic carbocycles. The highest BCUT2D eigenvalue weighted by Gasteiger charge is 2.41. The average Bonchev–Trinajstić information content (AvgIpc) is 2.67. The van der Waals surface area contributed by atoms with Crippen LogP contribution in [0, 0.1) is 12.7 Å². The first-order valence-electron chi connectivity index (χ1n) is 6.88. The molecule has 0 saturated carbocycles. The molecule has 1 unspecified atom stereocenters. The summed E-state index contributed by atoms with van der Waals surface area (Å²) in [7, 11) is 0. The molecule has 2 nitrogen and oxygen atoms in total. The lowest BCUT2D eigenvalue weighted by atomic mass is 9.94. The van der Waals surface area contributed by atoms with Gasteiger partial charge in [0.1, 0.15) is 17.2 Å². The Morgan fingerprint density at radius 1 is 1.24 bits per heavy atom. The molecule has 0 radical (unpaired) electrons. The van der Waals surface area contributed by atoms with Crippen molar-refractivity contribution in [2.75, 3.05) is 5.32 Å². The number of aryl methyl sites for hydroxylation is 1. The molecule has 1 N–H and O–H groups in total. The molecule has 2 aromatic rings. The van der Waals surface area contributed by atoms with Crippen molar-refractivity contribution in [1.82, 2.24) is 0 Å². The van der Waals surface area contributed by atoms with Crippen molar-refractivity contribution >= 4 is 21.6 Å². The van der Waals surface area contributed by atoms with Crippen LogP contribution in [0.2, 0.25) is 0 Å². The van der Waals surface area contributed by atoms with Gasteiger partial charge >= 0.3 is 0 Å². The topological polar surface area (TPSA) is 21.3 Å². The molecule has 0 amide bonds. The van der Waals surface area contributed by atoms with E-state index in [2.05, 4.69) is 21.2 Å². The van der Waals surface area contributed by atoms with Crippen LogP contribution in [0.5, 0.6) is 5.75 Å². The molecule has 0 bridgehead atoms. The summed E-state index contributed by atoms with van der Waals surface area (Å²) < 4.78 is 20.3. The molecular weight excluding hydrogens is 333 g/mol. The summed E-state index contributed by atoms with van der Waals surface area (Å²) in [6.07, 6.45) is 0. The molecule has 4 heteroatoms. The fraction of sp³-hybridized carbons (Fsp3) is 0.294. The molecule has 1 aliphatic rings. The van der Waals surface area contributed by atoms with E-state index < -0.39 is 0 Å². The van der Waals surface area contributed by atoms with Gasteiger partial charge in [-0.25, -0.2) is 4.39 Å². The Hall–Kier alpha value is -1.55. The molecule has 0 spiro atoms. The van der Waals surface area contributed by atoms with Gasteiger partial charge in [0.2, 0.25) is 0 Å². The van der Waals surface area contributed by atoms with Crippen LogP contribution in [-0.4, -0.2) is 5.60 Å². The fourth-order valence-corrected chi connectivity index (χ4v) is 3.20. The van der Waals surface area contributed by atoms with Crippen molar-refractivity contribution in [2.45, 2.75) is 32.4 Å². The van der Waals surface area contributed by atoms with Gasteiger partial charge in [-0.05, 0) is 60.5 Å². The summed E-state index contributed by atoms with van der Waals surface area (Å²) in [5.74, 6) is 0.614. The molecule has 3 rings (SSSR count). The predicted octanol–water partition coefficient (Wildman–Crippen LogP) is 5.22. The Kier molecular flexibility index (Phi) is 3.44. The monoisotopic (exact) mass is 349 g/mol. The smallest absolute Gasteiger partial charge is 0.139 e. The number of benzene rings is 2. The fourth-order valence-electron chi connectivity index (χ4n) is 2.74. The number of para-hydroxylation sites is 1. The molecule has 0 fully saturated rings. The zero-order chi connectivity index (χ0) is 15.2. The maximum atomic E-state index is 13.8. The number of halogens is 2. The Labute approximate surface area is 132 Å². The van der Waals surface area contributed by atoms with E-state index in [1.54, 1.807) is 6.07 Å². The second kappa shape index (κ2) is 5.02. The lowest BCUT2D eigenvalue weighted by molar-refractivity contribution is 0.118. The quantitative estimate of drug-likeness (QED) is 0.802. The Morgan fingerprint density at radius 3 is 2.71 bits per heavy atom. The van der Waals surface area contributed by atoms with Crippen LogP contribution < -0.4 is 10.1 Å². The average molecular weight is 350 g/mol. The first kappa shape index (κ1) is 14.4. The normalized spacial score (nSPS) is 19.0. The van der Waals surface area contributed by atoms with Gasteiger partial charge in [0.05, 0.1) is 10.5 Å². The van der Waals surface area contributed by atoms with Crippen molar-refractivity contribution in [3.05, 3.63) is 57.8 Å². The van der Waals surface area contributed by atoms with Crippen LogP contribution in [0.4, 0.5) is 10.1 Å². The molecule has 110 valence electrons. The first-order chi connectivity index (χ1) is 9.88. The Balaban J connectivity index is 1.99. The van der Waals surface area contributed by atoms with E-state index in [4.69, 9.17) is 4.74 Å². The Morgan fingerprint density at radius 2 is 1.95 bits per heavy atom. The number of nitrogens with one attached hydrogen (secondary N) is 1. The number of anilines is 1. The van der Waals surface area contributed by atoms with Gasteiger partial charge < -0.3 is 10.1 Å². The van der Waals surface area contributed by atoms with E-state index in [9.17, 15) is 4.39 Å². The van der Waals surface area contributed by atoms with E-state index in [-0.39, 0.29) is 17.5 Å². The van der Waals surface area contributed by atoms with Gasteiger partial charge in [0.15, 0.2) is 0 Å². The second-order valence-electron chi connectivity index (χ2n) is 5.90. The molecule has 1 atom stereocenters. The van der Waals surface area contributed by atoms with Gasteiger partial charge in [-0.2, -0.15) is 0 Å². The number of hydrogen-bond acceptors (Lipinski definition) is 2. The van der Waals surface area contributed by atoms with Crippen LogP contribution in [0.15, 0.2) is 40.9 Å². The highest BCUT2D eigenvalue weighted by atomic mass is 79.9. The Bertz CT molecular complexity index is 699. The highest BCUT2D eigenvalue weighted by molar-refractivity contribution is 9.10. The summed E-state index contributed by atoms with van der Waals surface area (Å²) in [4.78, 5) is 0. The predicted molar refractivity (Wildman–Crippen MR) is 86.3 cm³/mol. The number of fused-ring (bicyclic) bond motifs is 1. The molecular formula is C17H17BrFNO. The van der Waals surface area contributed by atoms with Crippen LogP contribution in [-0.2, 0) is 0 Å². The van der Waals surface area contributed by atoms with Crippen molar-refractivity contribution in [3.63, 3.8) is 0 Å². The second-order valence-corrected chi connectivity index (χ2v) is 6.76. The van der Waals surface area contributed by atoms with Crippen LogP contribution >= 0.6 is 15.9 Å². The summed E-state index contributed by atoms with van der Waals surface area (Å²) in [6.45, 7) is 6.03. The van der Waals surface area contributed by atoms with E-state index in [1.807, 2.05) is 45.0 Å². The van der Waals surface area contributed by atoms with E-state index >= 15 is 0 Å². The number of rotatable bonds is 2. The molecule has 0 aliphatic carbocycles. The van der Waals surface area contributed by atoms with E-state index in [1.165, 1.54) is 6.07 Å². The molecule has 1 heterocycles. The maximum Gasteiger partial charge on any atom is 0.139 e. The minimum absolute atomic E-state index is 0.0204. The molecule has 1 aliphatic heterocycles. The minimum atomic E-state index is -0.389. The van der Waals surface area contributed by atoms with Crippen molar-refractivity contribution in [1.29, 1.82) is 0 Å². The largest absolute Gasteiger partial charge is 0.485 e. The van der Waals surface area contributed by atoms with Crippen LogP contribution in [0.3, 0.4) is 0 Å². The van der Waals surface area contributed by atoms with Crippen LogP contribution in [0.25, 0.3) is 0 Å². The van der Waals surface area contributed by atoms with Gasteiger partial charge in [-0.15, -0.1) is 0 Å². The third kappa shape index (κ3) is 2.53. The number of ether oxygens (including phenoxy) is 1. The lowest BCUT2D eigenvalue weighted by Gasteiger charge is -2.28. The summed E-state index contributed by atoms with van der Waals surface area (Å²) in [6, 6.07) is 11.3. The van der Waals surface area contributed by atoms with Gasteiger partial charge in [-0.1, -0.05) is 18.2 Å². The summed E-state index contributed by atoms with van der Waals surface area (Å²) >= 11 is 3.21. The highest BCUT2D eigenvalue weighted by Crippen LogP contribution is 2.45. The maximum absolute atomic E-state index is 13.8. The third-order valence-electron chi connectivity index (χ3n) is 3.87. The van der Waals surface area contributed by atoms with Gasteiger partial charge in [-0.3, -0.25) is 0 Å².